The number of rotatable bonds is 5. The molecule has 3 N–H and O–H groups in total. The number of hydrogen-bond acceptors (Lipinski definition) is 5. The Balaban J connectivity index is 2.23. The van der Waals surface area contributed by atoms with Crippen molar-refractivity contribution in [2.24, 2.45) is 5.41 Å². The number of anilines is 3. The van der Waals surface area contributed by atoms with Crippen molar-refractivity contribution in [1.82, 2.24) is 0 Å². The van der Waals surface area contributed by atoms with E-state index in [0.29, 0.717) is 27.0 Å². The first-order valence-corrected chi connectivity index (χ1v) is 9.51. The Kier molecular flexibility index (Phi) is 6.45. The summed E-state index contributed by atoms with van der Waals surface area (Å²) >= 11 is 1.21. The summed E-state index contributed by atoms with van der Waals surface area (Å²) in [6, 6.07) is 6.75. The Morgan fingerprint density at radius 2 is 1.71 bits per heavy atom. The van der Waals surface area contributed by atoms with E-state index in [0.717, 1.165) is 5.56 Å². The van der Waals surface area contributed by atoms with Crippen LogP contribution in [-0.2, 0) is 9.59 Å². The van der Waals surface area contributed by atoms with Crippen LogP contribution in [0.1, 0.15) is 42.9 Å². The maximum atomic E-state index is 12.8. The number of carbonyl (C=O) groups is 3. The van der Waals surface area contributed by atoms with Gasteiger partial charge in [0.05, 0.1) is 22.7 Å². The molecule has 1 heterocycles. The summed E-state index contributed by atoms with van der Waals surface area (Å²) < 4.78 is 5.29. The molecule has 0 unspecified atom stereocenters. The number of hydrogen-bond donors (Lipinski definition) is 3. The molecule has 8 heteroatoms. The fourth-order valence-electron chi connectivity index (χ4n) is 2.33. The molecule has 0 saturated heterocycles. The Hall–Kier alpha value is -2.87. The molecule has 0 bridgehead atoms. The van der Waals surface area contributed by atoms with E-state index in [9.17, 15) is 14.4 Å². The molecule has 0 spiro atoms. The molecule has 0 radical (unpaired) electrons. The van der Waals surface area contributed by atoms with Gasteiger partial charge in [-0.3, -0.25) is 14.4 Å². The van der Waals surface area contributed by atoms with Gasteiger partial charge in [-0.2, -0.15) is 0 Å². The minimum atomic E-state index is -0.530. The van der Waals surface area contributed by atoms with Gasteiger partial charge in [-0.05, 0) is 36.8 Å². The number of ether oxygens (including phenoxy) is 1. The van der Waals surface area contributed by atoms with E-state index in [1.54, 1.807) is 24.3 Å². The van der Waals surface area contributed by atoms with Crippen LogP contribution in [0.25, 0.3) is 0 Å². The van der Waals surface area contributed by atoms with Crippen molar-refractivity contribution in [2.45, 2.75) is 34.6 Å². The van der Waals surface area contributed by atoms with Crippen LogP contribution in [0.2, 0.25) is 0 Å². The van der Waals surface area contributed by atoms with E-state index < -0.39 is 5.41 Å². The average molecular weight is 404 g/mol. The topological polar surface area (TPSA) is 96.5 Å². The number of aryl methyl sites for hydroxylation is 1. The maximum absolute atomic E-state index is 12.8. The molecule has 1 aromatic carbocycles. The lowest BCUT2D eigenvalue weighted by atomic mass is 9.96. The lowest BCUT2D eigenvalue weighted by Crippen LogP contribution is -2.27. The SMILES string of the molecule is COc1ccc(NC(C)=O)cc1NC(=O)c1sc(NC(=O)C(C)(C)C)cc1C. The van der Waals surface area contributed by atoms with E-state index in [1.807, 2.05) is 27.7 Å². The lowest BCUT2D eigenvalue weighted by molar-refractivity contribution is -0.123. The first-order chi connectivity index (χ1) is 13.0. The summed E-state index contributed by atoms with van der Waals surface area (Å²) in [5.74, 6) is -0.184. The summed E-state index contributed by atoms with van der Waals surface area (Å²) in [7, 11) is 1.50. The number of nitrogens with one attached hydrogen (secondary N) is 3. The minimum Gasteiger partial charge on any atom is -0.495 e. The van der Waals surface area contributed by atoms with Crippen LogP contribution in [0.3, 0.4) is 0 Å². The van der Waals surface area contributed by atoms with Crippen molar-refractivity contribution in [3.05, 3.63) is 34.7 Å². The summed E-state index contributed by atoms with van der Waals surface area (Å²) in [5, 5.41) is 8.94. The largest absolute Gasteiger partial charge is 0.495 e. The van der Waals surface area contributed by atoms with Crippen molar-refractivity contribution in [2.75, 3.05) is 23.1 Å². The molecule has 0 aliphatic heterocycles. The van der Waals surface area contributed by atoms with Crippen molar-refractivity contribution in [3.8, 4) is 5.75 Å². The number of benzene rings is 1. The van der Waals surface area contributed by atoms with E-state index in [-0.39, 0.29) is 17.7 Å². The predicted octanol–water partition coefficient (Wildman–Crippen LogP) is 4.26. The molecule has 2 aromatic rings. The molecule has 2 rings (SSSR count). The molecule has 28 heavy (non-hydrogen) atoms. The van der Waals surface area contributed by atoms with Crippen molar-refractivity contribution < 1.29 is 19.1 Å². The van der Waals surface area contributed by atoms with Gasteiger partial charge in [0.2, 0.25) is 11.8 Å². The summed E-state index contributed by atoms with van der Waals surface area (Å²) in [6.45, 7) is 8.69. The molecular weight excluding hydrogens is 378 g/mol. The third-order valence-electron chi connectivity index (χ3n) is 3.81. The third-order valence-corrected chi connectivity index (χ3v) is 4.96. The van der Waals surface area contributed by atoms with Gasteiger partial charge in [0, 0.05) is 18.0 Å². The third kappa shape index (κ3) is 5.32. The van der Waals surface area contributed by atoms with Gasteiger partial charge in [0.25, 0.3) is 5.91 Å². The molecular formula is C20H25N3O4S. The van der Waals surface area contributed by atoms with E-state index in [2.05, 4.69) is 16.0 Å². The molecule has 150 valence electrons. The molecule has 0 aliphatic carbocycles. The van der Waals surface area contributed by atoms with Gasteiger partial charge in [0.1, 0.15) is 5.75 Å². The first kappa shape index (κ1) is 21.4. The monoisotopic (exact) mass is 403 g/mol. The van der Waals surface area contributed by atoms with Crippen molar-refractivity contribution in [1.29, 1.82) is 0 Å². The van der Waals surface area contributed by atoms with Gasteiger partial charge < -0.3 is 20.7 Å². The zero-order chi connectivity index (χ0) is 21.1. The lowest BCUT2D eigenvalue weighted by Gasteiger charge is -2.16. The summed E-state index contributed by atoms with van der Waals surface area (Å²) in [5.41, 5.74) is 1.21. The van der Waals surface area contributed by atoms with Gasteiger partial charge in [-0.1, -0.05) is 20.8 Å². The second kappa shape index (κ2) is 8.43. The Morgan fingerprint density at radius 1 is 1.04 bits per heavy atom. The maximum Gasteiger partial charge on any atom is 0.266 e. The summed E-state index contributed by atoms with van der Waals surface area (Å²) in [4.78, 5) is 36.7. The molecule has 0 atom stereocenters. The Labute approximate surface area is 168 Å². The normalized spacial score (nSPS) is 10.9. The highest BCUT2D eigenvalue weighted by molar-refractivity contribution is 7.18. The van der Waals surface area contributed by atoms with E-state index in [4.69, 9.17) is 4.74 Å². The van der Waals surface area contributed by atoms with Gasteiger partial charge in [0.15, 0.2) is 0 Å². The molecule has 0 saturated carbocycles. The fourth-order valence-corrected chi connectivity index (χ4v) is 3.30. The van der Waals surface area contributed by atoms with Gasteiger partial charge >= 0.3 is 0 Å². The van der Waals surface area contributed by atoms with Crippen molar-refractivity contribution >= 4 is 45.4 Å². The fraction of sp³-hybridized carbons (Fsp3) is 0.350. The van der Waals surface area contributed by atoms with Crippen LogP contribution < -0.4 is 20.7 Å². The quantitative estimate of drug-likeness (QED) is 0.695. The second-order valence-electron chi connectivity index (χ2n) is 7.38. The van der Waals surface area contributed by atoms with Gasteiger partial charge in [-0.15, -0.1) is 11.3 Å². The first-order valence-electron chi connectivity index (χ1n) is 8.70. The second-order valence-corrected chi connectivity index (χ2v) is 8.43. The number of methoxy groups -OCH3 is 1. The zero-order valence-electron chi connectivity index (χ0n) is 16.9. The smallest absolute Gasteiger partial charge is 0.266 e. The number of carbonyl (C=O) groups excluding carboxylic acids is 3. The molecule has 0 aliphatic rings. The Bertz CT molecular complexity index is 913. The summed E-state index contributed by atoms with van der Waals surface area (Å²) in [6.07, 6.45) is 0. The predicted molar refractivity (Wildman–Crippen MR) is 112 cm³/mol. The highest BCUT2D eigenvalue weighted by Crippen LogP contribution is 2.32. The minimum absolute atomic E-state index is 0.120. The molecule has 3 amide bonds. The Morgan fingerprint density at radius 3 is 2.29 bits per heavy atom. The van der Waals surface area contributed by atoms with E-state index in [1.165, 1.54) is 25.4 Å². The molecule has 7 nitrogen and oxygen atoms in total. The van der Waals surface area contributed by atoms with Crippen LogP contribution in [-0.4, -0.2) is 24.8 Å². The standard InChI is InChI=1S/C20H25N3O4S/c1-11-9-16(23-19(26)20(3,4)5)28-17(11)18(25)22-14-10-13(21-12(2)24)7-8-15(14)27-6/h7-10H,1-6H3,(H,21,24)(H,22,25)(H,23,26). The number of amides is 3. The van der Waals surface area contributed by atoms with E-state index >= 15 is 0 Å². The molecule has 1 aromatic heterocycles. The van der Waals surface area contributed by atoms with Gasteiger partial charge in [-0.25, -0.2) is 0 Å². The number of thiophene rings is 1. The average Bonchev–Trinajstić information content (AvgIpc) is 2.94. The van der Waals surface area contributed by atoms with Crippen molar-refractivity contribution in [3.63, 3.8) is 0 Å². The van der Waals surface area contributed by atoms with Crippen LogP contribution in [0.5, 0.6) is 5.75 Å². The highest BCUT2D eigenvalue weighted by Gasteiger charge is 2.23. The van der Waals surface area contributed by atoms with Crippen LogP contribution in [0.4, 0.5) is 16.4 Å². The zero-order valence-corrected chi connectivity index (χ0v) is 17.7. The van der Waals surface area contributed by atoms with Crippen LogP contribution in [0, 0.1) is 12.3 Å². The van der Waals surface area contributed by atoms with Crippen LogP contribution in [0.15, 0.2) is 24.3 Å². The van der Waals surface area contributed by atoms with Crippen LogP contribution >= 0.6 is 11.3 Å². The molecule has 0 fully saturated rings. The highest BCUT2D eigenvalue weighted by atomic mass is 32.1.